The van der Waals surface area contributed by atoms with Crippen molar-refractivity contribution in [1.82, 2.24) is 0 Å². The first-order chi connectivity index (χ1) is 7.77. The molecule has 0 aliphatic carbocycles. The van der Waals surface area contributed by atoms with Gasteiger partial charge in [0.25, 0.3) is 5.69 Å². The van der Waals surface area contributed by atoms with Crippen LogP contribution in [0.2, 0.25) is 0 Å². The second kappa shape index (κ2) is 5.01. The van der Waals surface area contributed by atoms with E-state index >= 15 is 0 Å². The number of nitrogens with zero attached hydrogens (tertiary/aromatic N) is 1. The SMILES string of the molecule is COC(c1ccc(Br)cc1[N+](=O)[O-])C(F)(F)F. The number of hydrogen-bond acceptors (Lipinski definition) is 3. The van der Waals surface area contributed by atoms with Crippen LogP contribution in [0.1, 0.15) is 11.7 Å². The summed E-state index contributed by atoms with van der Waals surface area (Å²) in [6.07, 6.45) is -7.01. The summed E-state index contributed by atoms with van der Waals surface area (Å²) in [6, 6.07) is 3.32. The summed E-state index contributed by atoms with van der Waals surface area (Å²) in [7, 11) is 0.851. The second-order valence-electron chi connectivity index (χ2n) is 3.12. The van der Waals surface area contributed by atoms with Gasteiger partial charge in [-0.3, -0.25) is 10.1 Å². The van der Waals surface area contributed by atoms with Gasteiger partial charge in [0.15, 0.2) is 6.10 Å². The minimum Gasteiger partial charge on any atom is -0.367 e. The van der Waals surface area contributed by atoms with Crippen molar-refractivity contribution in [2.75, 3.05) is 7.11 Å². The van der Waals surface area contributed by atoms with Gasteiger partial charge in [-0.05, 0) is 12.1 Å². The molecule has 0 aliphatic heterocycles. The normalized spacial score (nSPS) is 13.5. The molecule has 0 aromatic heterocycles. The zero-order valence-corrected chi connectivity index (χ0v) is 10.1. The third-order valence-electron chi connectivity index (χ3n) is 2.00. The molecule has 0 saturated heterocycles. The van der Waals surface area contributed by atoms with Gasteiger partial charge in [0.2, 0.25) is 0 Å². The maximum atomic E-state index is 12.6. The molecule has 0 aliphatic rings. The Labute approximate surface area is 103 Å². The van der Waals surface area contributed by atoms with Crippen molar-refractivity contribution in [3.8, 4) is 0 Å². The van der Waals surface area contributed by atoms with Crippen LogP contribution >= 0.6 is 15.9 Å². The fourth-order valence-corrected chi connectivity index (χ4v) is 1.68. The number of nitro benzene ring substituents is 1. The molecule has 94 valence electrons. The minimum atomic E-state index is -4.70. The number of rotatable bonds is 3. The largest absolute Gasteiger partial charge is 0.419 e. The van der Waals surface area contributed by atoms with Crippen molar-refractivity contribution in [3.63, 3.8) is 0 Å². The first-order valence-electron chi connectivity index (χ1n) is 4.30. The molecule has 0 radical (unpaired) electrons. The molecule has 1 atom stereocenters. The van der Waals surface area contributed by atoms with Gasteiger partial charge in [-0.25, -0.2) is 0 Å². The average Bonchev–Trinajstić information content (AvgIpc) is 2.18. The first kappa shape index (κ1) is 13.9. The van der Waals surface area contributed by atoms with E-state index in [4.69, 9.17) is 0 Å². The third kappa shape index (κ3) is 3.16. The Morgan fingerprint density at radius 2 is 2.06 bits per heavy atom. The van der Waals surface area contributed by atoms with Crippen molar-refractivity contribution >= 4 is 21.6 Å². The molecule has 0 spiro atoms. The standard InChI is InChI=1S/C9H7BrF3NO3/c1-17-8(9(11,12)13)6-3-2-5(10)4-7(6)14(15)16/h2-4,8H,1H3. The fourth-order valence-electron chi connectivity index (χ4n) is 1.33. The van der Waals surface area contributed by atoms with Gasteiger partial charge >= 0.3 is 6.18 Å². The van der Waals surface area contributed by atoms with Crippen LogP contribution < -0.4 is 0 Å². The van der Waals surface area contributed by atoms with Crippen molar-refractivity contribution in [2.45, 2.75) is 12.3 Å². The molecule has 8 heteroatoms. The zero-order chi connectivity index (χ0) is 13.2. The van der Waals surface area contributed by atoms with Gasteiger partial charge in [-0.1, -0.05) is 15.9 Å². The smallest absolute Gasteiger partial charge is 0.367 e. The predicted molar refractivity (Wildman–Crippen MR) is 56.6 cm³/mol. The highest BCUT2D eigenvalue weighted by Gasteiger charge is 2.44. The van der Waals surface area contributed by atoms with Crippen LogP contribution in [0.15, 0.2) is 22.7 Å². The van der Waals surface area contributed by atoms with Crippen molar-refractivity contribution in [1.29, 1.82) is 0 Å². The highest BCUT2D eigenvalue weighted by Crippen LogP contribution is 2.40. The van der Waals surface area contributed by atoms with E-state index < -0.39 is 28.5 Å². The first-order valence-corrected chi connectivity index (χ1v) is 5.10. The van der Waals surface area contributed by atoms with Crippen molar-refractivity contribution < 1.29 is 22.8 Å². The molecule has 4 nitrogen and oxygen atoms in total. The van der Waals surface area contributed by atoms with E-state index in [1.807, 2.05) is 0 Å². The number of nitro groups is 1. The van der Waals surface area contributed by atoms with E-state index in [1.165, 1.54) is 6.07 Å². The van der Waals surface area contributed by atoms with Gasteiger partial charge in [0, 0.05) is 17.6 Å². The van der Waals surface area contributed by atoms with E-state index in [9.17, 15) is 23.3 Å². The molecule has 0 fully saturated rings. The topological polar surface area (TPSA) is 52.4 Å². The molecule has 1 rings (SSSR count). The zero-order valence-electron chi connectivity index (χ0n) is 8.49. The number of halogens is 4. The molecule has 0 amide bonds. The van der Waals surface area contributed by atoms with Crippen LogP contribution in [-0.4, -0.2) is 18.2 Å². The lowest BCUT2D eigenvalue weighted by atomic mass is 10.1. The van der Waals surface area contributed by atoms with Gasteiger partial charge < -0.3 is 4.74 Å². The lowest BCUT2D eigenvalue weighted by Crippen LogP contribution is -2.23. The van der Waals surface area contributed by atoms with E-state index in [-0.39, 0.29) is 0 Å². The summed E-state index contributed by atoms with van der Waals surface area (Å²) in [5.74, 6) is 0. The summed E-state index contributed by atoms with van der Waals surface area (Å²) in [6.45, 7) is 0. The average molecular weight is 314 g/mol. The van der Waals surface area contributed by atoms with Crippen LogP contribution in [0.5, 0.6) is 0 Å². The number of benzene rings is 1. The monoisotopic (exact) mass is 313 g/mol. The Morgan fingerprint density at radius 1 is 1.47 bits per heavy atom. The van der Waals surface area contributed by atoms with Crippen LogP contribution in [0, 0.1) is 10.1 Å². The van der Waals surface area contributed by atoms with Crippen LogP contribution in [0.4, 0.5) is 18.9 Å². The molecule has 0 bridgehead atoms. The van der Waals surface area contributed by atoms with Crippen LogP contribution in [-0.2, 0) is 4.74 Å². The van der Waals surface area contributed by atoms with Gasteiger partial charge in [-0.15, -0.1) is 0 Å². The maximum Gasteiger partial charge on any atom is 0.419 e. The van der Waals surface area contributed by atoms with E-state index in [1.54, 1.807) is 0 Å². The van der Waals surface area contributed by atoms with Crippen molar-refractivity contribution in [2.24, 2.45) is 0 Å². The number of ether oxygens (including phenoxy) is 1. The molecule has 1 unspecified atom stereocenters. The minimum absolute atomic E-state index is 0.324. The summed E-state index contributed by atoms with van der Waals surface area (Å²) in [5, 5.41) is 10.7. The molecule has 1 aromatic carbocycles. The predicted octanol–water partition coefficient (Wildman–Crippen LogP) is 3.61. The maximum absolute atomic E-state index is 12.6. The van der Waals surface area contributed by atoms with Gasteiger partial charge in [0.1, 0.15) is 0 Å². The van der Waals surface area contributed by atoms with Gasteiger partial charge in [0.05, 0.1) is 10.5 Å². The number of alkyl halides is 3. The summed E-state index contributed by atoms with van der Waals surface area (Å²) < 4.78 is 42.4. The molecular formula is C9H7BrF3NO3. The Morgan fingerprint density at radius 3 is 2.47 bits per heavy atom. The Bertz CT molecular complexity index is 436. The molecule has 0 heterocycles. The molecule has 1 aromatic rings. The highest BCUT2D eigenvalue weighted by atomic mass is 79.9. The van der Waals surface area contributed by atoms with E-state index in [2.05, 4.69) is 20.7 Å². The van der Waals surface area contributed by atoms with E-state index in [0.717, 1.165) is 19.2 Å². The molecule has 17 heavy (non-hydrogen) atoms. The lowest BCUT2D eigenvalue weighted by Gasteiger charge is -2.18. The summed E-state index contributed by atoms with van der Waals surface area (Å²) in [5.41, 5.74) is -1.16. The Kier molecular flexibility index (Phi) is 4.10. The summed E-state index contributed by atoms with van der Waals surface area (Å²) in [4.78, 5) is 9.81. The van der Waals surface area contributed by atoms with Crippen molar-refractivity contribution in [3.05, 3.63) is 38.3 Å². The highest BCUT2D eigenvalue weighted by molar-refractivity contribution is 9.10. The fraction of sp³-hybridized carbons (Fsp3) is 0.333. The molecule has 0 N–H and O–H groups in total. The quantitative estimate of drug-likeness (QED) is 0.632. The Balaban J connectivity index is 3.34. The lowest BCUT2D eigenvalue weighted by molar-refractivity contribution is -0.387. The third-order valence-corrected chi connectivity index (χ3v) is 2.50. The van der Waals surface area contributed by atoms with Crippen LogP contribution in [0.3, 0.4) is 0 Å². The molecule has 0 saturated carbocycles. The number of hydrogen-bond donors (Lipinski definition) is 0. The van der Waals surface area contributed by atoms with Gasteiger partial charge in [-0.2, -0.15) is 13.2 Å². The molecular weight excluding hydrogens is 307 g/mol. The van der Waals surface area contributed by atoms with E-state index in [0.29, 0.717) is 4.47 Å². The summed E-state index contributed by atoms with van der Waals surface area (Å²) >= 11 is 2.96. The number of methoxy groups -OCH3 is 1. The Hall–Kier alpha value is -1.15. The van der Waals surface area contributed by atoms with Crippen LogP contribution in [0.25, 0.3) is 0 Å². The second-order valence-corrected chi connectivity index (χ2v) is 4.03.